The van der Waals surface area contributed by atoms with E-state index in [1.807, 2.05) is 6.07 Å². The Morgan fingerprint density at radius 3 is 1.64 bits per heavy atom. The SMILES string of the molecule is CO[C@H](COC(=O)c1ccccc1)[C@@H](OC(=O)c1ccccc1)[C@@](C)(C#N)O[PH](O)(Oc1ccccc1)Oc1ccccc1. The van der Waals surface area contributed by atoms with Crippen molar-refractivity contribution in [3.63, 3.8) is 0 Å². The molecular formula is C33H32NO9P. The molecule has 0 saturated carbocycles. The van der Waals surface area contributed by atoms with E-state index >= 15 is 0 Å². The van der Waals surface area contributed by atoms with Crippen LogP contribution in [0.1, 0.15) is 27.6 Å². The number of methoxy groups -OCH3 is 1. The van der Waals surface area contributed by atoms with Crippen molar-refractivity contribution in [2.45, 2.75) is 24.7 Å². The molecule has 0 radical (unpaired) electrons. The van der Waals surface area contributed by atoms with E-state index in [9.17, 15) is 19.7 Å². The zero-order chi connectivity index (χ0) is 31.4. The minimum absolute atomic E-state index is 0.183. The Balaban J connectivity index is 1.69. The molecule has 0 fully saturated rings. The maximum absolute atomic E-state index is 13.3. The van der Waals surface area contributed by atoms with Gasteiger partial charge in [0.05, 0.1) is 0 Å². The zero-order valence-electron chi connectivity index (χ0n) is 24.1. The number of ether oxygens (including phenoxy) is 3. The van der Waals surface area contributed by atoms with Gasteiger partial charge in [0, 0.05) is 0 Å². The van der Waals surface area contributed by atoms with Crippen LogP contribution in [0.4, 0.5) is 0 Å². The van der Waals surface area contributed by atoms with Crippen molar-refractivity contribution in [1.29, 1.82) is 5.26 Å². The molecule has 0 aliphatic carbocycles. The van der Waals surface area contributed by atoms with Gasteiger partial charge in [-0.25, -0.2) is 0 Å². The van der Waals surface area contributed by atoms with E-state index in [1.165, 1.54) is 26.2 Å². The first-order valence-electron chi connectivity index (χ1n) is 13.6. The molecule has 1 N–H and O–H groups in total. The molecule has 0 unspecified atom stereocenters. The summed E-state index contributed by atoms with van der Waals surface area (Å²) in [6.07, 6.45) is -2.79. The normalized spacial score (nSPS) is 14.1. The van der Waals surface area contributed by atoms with Crippen LogP contribution < -0.4 is 9.05 Å². The third-order valence-corrected chi connectivity index (χ3v) is 8.03. The molecule has 0 saturated heterocycles. The van der Waals surface area contributed by atoms with E-state index < -0.39 is 44.5 Å². The van der Waals surface area contributed by atoms with Crippen LogP contribution in [0, 0.1) is 11.3 Å². The Morgan fingerprint density at radius 2 is 1.20 bits per heavy atom. The number of esters is 2. The summed E-state index contributed by atoms with van der Waals surface area (Å²) >= 11 is 0. The van der Waals surface area contributed by atoms with Crippen molar-refractivity contribution >= 4 is 20.1 Å². The summed E-state index contributed by atoms with van der Waals surface area (Å²) in [5.41, 5.74) is -1.69. The van der Waals surface area contributed by atoms with E-state index in [0.717, 1.165) is 0 Å². The fraction of sp³-hybridized carbons (Fsp3) is 0.182. The van der Waals surface area contributed by atoms with Crippen molar-refractivity contribution in [2.24, 2.45) is 0 Å². The molecule has 4 aromatic rings. The van der Waals surface area contributed by atoms with Crippen molar-refractivity contribution in [3.8, 4) is 17.6 Å². The average molecular weight is 618 g/mol. The number of hydrogen-bond donors (Lipinski definition) is 1. The van der Waals surface area contributed by atoms with Gasteiger partial charge < -0.3 is 0 Å². The molecule has 3 atom stereocenters. The predicted octanol–water partition coefficient (Wildman–Crippen LogP) is 5.94. The van der Waals surface area contributed by atoms with Crippen LogP contribution in [0.25, 0.3) is 0 Å². The third kappa shape index (κ3) is 8.63. The van der Waals surface area contributed by atoms with Gasteiger partial charge in [0.1, 0.15) is 0 Å². The summed E-state index contributed by atoms with van der Waals surface area (Å²) in [4.78, 5) is 37.8. The van der Waals surface area contributed by atoms with Crippen LogP contribution in [0.5, 0.6) is 11.5 Å². The van der Waals surface area contributed by atoms with Gasteiger partial charge in [0.25, 0.3) is 0 Å². The number of nitriles is 1. The summed E-state index contributed by atoms with van der Waals surface area (Å²) in [7, 11) is -3.52. The van der Waals surface area contributed by atoms with Crippen LogP contribution in [-0.4, -0.2) is 48.4 Å². The topological polar surface area (TPSA) is 134 Å². The Morgan fingerprint density at radius 1 is 0.773 bits per heavy atom. The molecule has 11 heteroatoms. The minimum atomic E-state index is -4.81. The van der Waals surface area contributed by atoms with E-state index in [0.29, 0.717) is 0 Å². The molecule has 4 rings (SSSR count). The number of carbonyl (C=O) groups excluding carboxylic acids is 2. The fourth-order valence-electron chi connectivity index (χ4n) is 4.14. The maximum atomic E-state index is 13.3. The average Bonchev–Trinajstić information content (AvgIpc) is 3.05. The predicted molar refractivity (Wildman–Crippen MR) is 163 cm³/mol. The Labute approximate surface area is 256 Å². The van der Waals surface area contributed by atoms with Gasteiger partial charge in [-0.05, 0) is 0 Å². The molecule has 4 aromatic carbocycles. The van der Waals surface area contributed by atoms with Gasteiger partial charge in [-0.3, -0.25) is 0 Å². The van der Waals surface area contributed by atoms with Gasteiger partial charge in [0.15, 0.2) is 0 Å². The van der Waals surface area contributed by atoms with E-state index in [1.54, 1.807) is 109 Å². The second kappa shape index (κ2) is 15.1. The third-order valence-electron chi connectivity index (χ3n) is 6.36. The monoisotopic (exact) mass is 617 g/mol. The second-order valence-corrected chi connectivity index (χ2v) is 11.3. The summed E-state index contributed by atoms with van der Waals surface area (Å²) in [6, 6.07) is 34.9. The number of para-hydroxylation sites is 2. The molecule has 0 aromatic heterocycles. The molecule has 0 spiro atoms. The van der Waals surface area contributed by atoms with Crippen LogP contribution in [-0.2, 0) is 18.7 Å². The first-order chi connectivity index (χ1) is 21.2. The van der Waals surface area contributed by atoms with Crippen molar-refractivity contribution < 1.29 is 42.3 Å². The van der Waals surface area contributed by atoms with Crippen LogP contribution >= 0.6 is 8.17 Å². The number of benzene rings is 4. The standard InChI is InChI=1S/C33H32NO9P/c1-33(24-34,43-44(37,41-27-19-11-5-12-20-27)42-28-21-13-6-14-22-28)30(40-32(36)26-17-9-4-10-18-26)29(38-2)23-39-31(35)25-15-7-3-8-16-25/h3-22,29-30,37,44H,23H2,1-2H3/t29-,30-,33-/m1/s1. The van der Waals surface area contributed by atoms with E-state index in [2.05, 4.69) is 0 Å². The molecule has 228 valence electrons. The fourth-order valence-corrected chi connectivity index (χ4v) is 5.84. The zero-order valence-corrected chi connectivity index (χ0v) is 25.1. The molecule has 10 nitrogen and oxygen atoms in total. The molecule has 0 aliphatic heterocycles. The second-order valence-electron chi connectivity index (χ2n) is 9.61. The Bertz CT molecular complexity index is 1490. The van der Waals surface area contributed by atoms with Gasteiger partial charge in [-0.1, -0.05) is 0 Å². The molecule has 0 heterocycles. The van der Waals surface area contributed by atoms with Crippen molar-refractivity contribution in [2.75, 3.05) is 13.7 Å². The molecule has 44 heavy (non-hydrogen) atoms. The summed E-state index contributed by atoms with van der Waals surface area (Å²) in [5, 5.41) is 10.5. The number of nitrogens with zero attached hydrogens (tertiary/aromatic N) is 1. The number of rotatable bonds is 14. The van der Waals surface area contributed by atoms with E-state index in [-0.39, 0.29) is 22.6 Å². The first kappa shape index (κ1) is 32.1. The van der Waals surface area contributed by atoms with Crippen LogP contribution in [0.15, 0.2) is 121 Å². The van der Waals surface area contributed by atoms with Crippen LogP contribution in [0.2, 0.25) is 0 Å². The van der Waals surface area contributed by atoms with Crippen molar-refractivity contribution in [3.05, 3.63) is 132 Å². The Kier molecular flexibility index (Phi) is 11.0. The first-order valence-corrected chi connectivity index (χ1v) is 15.3. The van der Waals surface area contributed by atoms with Gasteiger partial charge in [-0.15, -0.1) is 0 Å². The summed E-state index contributed by atoms with van der Waals surface area (Å²) in [5.74, 6) is -1.06. The summed E-state index contributed by atoms with van der Waals surface area (Å²) in [6.45, 7) is 0.859. The van der Waals surface area contributed by atoms with Gasteiger partial charge >= 0.3 is 256 Å². The Hall–Kier alpha value is -4.78. The molecule has 0 amide bonds. The van der Waals surface area contributed by atoms with Crippen LogP contribution in [0.3, 0.4) is 0 Å². The summed E-state index contributed by atoms with van der Waals surface area (Å²) < 4.78 is 34.6. The van der Waals surface area contributed by atoms with E-state index in [4.69, 9.17) is 27.8 Å². The number of hydrogen-bond acceptors (Lipinski definition) is 10. The number of carbonyl (C=O) groups is 2. The quantitative estimate of drug-likeness (QED) is 0.134. The molecule has 0 bridgehead atoms. The van der Waals surface area contributed by atoms with Crippen molar-refractivity contribution in [1.82, 2.24) is 0 Å². The molecular weight excluding hydrogens is 585 g/mol. The van der Waals surface area contributed by atoms with Gasteiger partial charge in [0.2, 0.25) is 0 Å². The van der Waals surface area contributed by atoms with Gasteiger partial charge in [-0.2, -0.15) is 0 Å². The molecule has 0 aliphatic rings.